The highest BCUT2D eigenvalue weighted by atomic mass is 16.1. The molecule has 0 spiro atoms. The van der Waals surface area contributed by atoms with Crippen molar-refractivity contribution in [3.63, 3.8) is 0 Å². The summed E-state index contributed by atoms with van der Waals surface area (Å²) in [5, 5.41) is 0. The van der Waals surface area contributed by atoms with E-state index in [-0.39, 0.29) is 0 Å². The summed E-state index contributed by atoms with van der Waals surface area (Å²) < 4.78 is 0. The third-order valence-corrected chi connectivity index (χ3v) is 3.76. The van der Waals surface area contributed by atoms with E-state index in [1.165, 1.54) is 12.8 Å². The Hall–Kier alpha value is -0.590. The van der Waals surface area contributed by atoms with Gasteiger partial charge in [-0.1, -0.05) is 12.2 Å². The summed E-state index contributed by atoms with van der Waals surface area (Å²) in [5.74, 6) is 3.25. The molecule has 0 aromatic rings. The van der Waals surface area contributed by atoms with Crippen molar-refractivity contribution in [3.8, 4) is 0 Å². The molecular formula is C10H12O. The highest BCUT2D eigenvalue weighted by Gasteiger charge is 2.51. The van der Waals surface area contributed by atoms with Crippen LogP contribution in [-0.2, 0) is 4.79 Å². The van der Waals surface area contributed by atoms with Crippen LogP contribution in [0.3, 0.4) is 0 Å². The molecule has 0 aliphatic heterocycles. The van der Waals surface area contributed by atoms with Crippen molar-refractivity contribution in [2.24, 2.45) is 23.7 Å². The predicted molar refractivity (Wildman–Crippen MR) is 42.0 cm³/mol. The summed E-state index contributed by atoms with van der Waals surface area (Å²) in [6.07, 6.45) is 7.91. The van der Waals surface area contributed by atoms with Crippen molar-refractivity contribution < 1.29 is 4.79 Å². The molecule has 0 amide bonds. The van der Waals surface area contributed by atoms with Crippen LogP contribution in [0.5, 0.6) is 0 Å². The molecule has 0 saturated heterocycles. The Morgan fingerprint density at radius 3 is 3.27 bits per heavy atom. The average Bonchev–Trinajstić information content (AvgIpc) is 2.52. The van der Waals surface area contributed by atoms with Crippen molar-refractivity contribution in [2.45, 2.75) is 19.3 Å². The van der Waals surface area contributed by atoms with E-state index >= 15 is 0 Å². The fraction of sp³-hybridized carbons (Fsp3) is 0.700. The lowest BCUT2D eigenvalue weighted by atomic mass is 9.81. The summed E-state index contributed by atoms with van der Waals surface area (Å²) in [6.45, 7) is 0. The minimum absolute atomic E-state index is 0.434. The minimum Gasteiger partial charge on any atom is -0.299 e. The molecule has 11 heavy (non-hydrogen) atoms. The standard InChI is InChI=1S/C10H12O/c11-10-5-6-4-9(10)8-3-1-2-7(6)8/h1,3,6-9H,2,4-5H2/t6-,7-,8+,9+/m1/s1. The third kappa shape index (κ3) is 0.597. The molecule has 0 heterocycles. The van der Waals surface area contributed by atoms with E-state index in [1.54, 1.807) is 0 Å². The van der Waals surface area contributed by atoms with Gasteiger partial charge in [0.2, 0.25) is 0 Å². The number of hydrogen-bond donors (Lipinski definition) is 0. The lowest BCUT2D eigenvalue weighted by Crippen LogP contribution is -2.23. The highest BCUT2D eigenvalue weighted by Crippen LogP contribution is 2.54. The summed E-state index contributed by atoms with van der Waals surface area (Å²) in [4.78, 5) is 11.3. The monoisotopic (exact) mass is 148 g/mol. The smallest absolute Gasteiger partial charge is 0.136 e. The van der Waals surface area contributed by atoms with Crippen LogP contribution in [-0.4, -0.2) is 5.78 Å². The van der Waals surface area contributed by atoms with E-state index in [0.29, 0.717) is 17.6 Å². The van der Waals surface area contributed by atoms with E-state index < -0.39 is 0 Å². The topological polar surface area (TPSA) is 17.1 Å². The molecule has 2 saturated carbocycles. The molecule has 58 valence electrons. The van der Waals surface area contributed by atoms with E-state index in [2.05, 4.69) is 12.2 Å². The number of carbonyl (C=O) groups excluding carboxylic acids is 1. The molecule has 3 aliphatic rings. The van der Waals surface area contributed by atoms with Gasteiger partial charge in [-0.2, -0.15) is 0 Å². The number of fused-ring (bicyclic) bond motifs is 5. The van der Waals surface area contributed by atoms with Crippen molar-refractivity contribution >= 4 is 5.78 Å². The maximum Gasteiger partial charge on any atom is 0.136 e. The second kappa shape index (κ2) is 1.77. The first-order chi connectivity index (χ1) is 5.36. The Morgan fingerprint density at radius 1 is 1.45 bits per heavy atom. The molecule has 3 rings (SSSR count). The number of hydrogen-bond acceptors (Lipinski definition) is 1. The average molecular weight is 148 g/mol. The van der Waals surface area contributed by atoms with Crippen LogP contribution in [0.2, 0.25) is 0 Å². The van der Waals surface area contributed by atoms with E-state index in [4.69, 9.17) is 0 Å². The molecule has 0 unspecified atom stereocenters. The number of Topliss-reactive ketones (excluding diaryl/α,β-unsaturated/α-hetero) is 1. The number of carbonyl (C=O) groups is 1. The lowest BCUT2D eigenvalue weighted by molar-refractivity contribution is -0.123. The second-order valence-corrected chi connectivity index (χ2v) is 4.18. The first-order valence-corrected chi connectivity index (χ1v) is 4.55. The molecule has 0 N–H and O–H groups in total. The van der Waals surface area contributed by atoms with Gasteiger partial charge >= 0.3 is 0 Å². The van der Waals surface area contributed by atoms with Gasteiger partial charge in [0.1, 0.15) is 5.78 Å². The van der Waals surface area contributed by atoms with Crippen LogP contribution in [0, 0.1) is 23.7 Å². The quantitative estimate of drug-likeness (QED) is 0.479. The van der Waals surface area contributed by atoms with Crippen LogP contribution >= 0.6 is 0 Å². The van der Waals surface area contributed by atoms with Crippen LogP contribution in [0.15, 0.2) is 12.2 Å². The molecule has 3 aliphatic carbocycles. The molecule has 0 radical (unpaired) electrons. The zero-order valence-corrected chi connectivity index (χ0v) is 6.49. The van der Waals surface area contributed by atoms with Gasteiger partial charge in [0.25, 0.3) is 0 Å². The summed E-state index contributed by atoms with van der Waals surface area (Å²) in [7, 11) is 0. The second-order valence-electron chi connectivity index (χ2n) is 4.18. The van der Waals surface area contributed by atoms with Crippen molar-refractivity contribution in [1.29, 1.82) is 0 Å². The zero-order valence-electron chi connectivity index (χ0n) is 6.49. The summed E-state index contributed by atoms with van der Waals surface area (Å²) >= 11 is 0. The molecule has 1 nitrogen and oxygen atoms in total. The number of ketones is 1. The summed E-state index contributed by atoms with van der Waals surface area (Å²) in [6, 6.07) is 0. The van der Waals surface area contributed by atoms with Crippen LogP contribution < -0.4 is 0 Å². The van der Waals surface area contributed by atoms with Gasteiger partial charge in [-0.25, -0.2) is 0 Å². The van der Waals surface area contributed by atoms with Crippen molar-refractivity contribution in [3.05, 3.63) is 12.2 Å². The Morgan fingerprint density at radius 2 is 2.36 bits per heavy atom. The fourth-order valence-electron chi connectivity index (χ4n) is 3.28. The van der Waals surface area contributed by atoms with Crippen LogP contribution in [0.4, 0.5) is 0 Å². The van der Waals surface area contributed by atoms with E-state index in [9.17, 15) is 4.79 Å². The highest BCUT2D eigenvalue weighted by molar-refractivity contribution is 5.85. The first kappa shape index (κ1) is 5.99. The van der Waals surface area contributed by atoms with Crippen molar-refractivity contribution in [1.82, 2.24) is 0 Å². The Kier molecular flexibility index (Phi) is 0.961. The maximum absolute atomic E-state index is 11.3. The fourth-order valence-corrected chi connectivity index (χ4v) is 3.28. The molecule has 2 fully saturated rings. The zero-order chi connectivity index (χ0) is 7.42. The Balaban J connectivity index is 2.00. The molecule has 2 bridgehead atoms. The minimum atomic E-state index is 0.434. The predicted octanol–water partition coefficient (Wildman–Crippen LogP) is 1.79. The maximum atomic E-state index is 11.3. The van der Waals surface area contributed by atoms with Gasteiger partial charge in [-0.05, 0) is 30.6 Å². The van der Waals surface area contributed by atoms with E-state index in [1.807, 2.05) is 0 Å². The van der Waals surface area contributed by atoms with Gasteiger partial charge < -0.3 is 0 Å². The van der Waals surface area contributed by atoms with Crippen molar-refractivity contribution in [2.75, 3.05) is 0 Å². The Labute approximate surface area is 66.5 Å². The van der Waals surface area contributed by atoms with E-state index in [0.717, 1.165) is 18.3 Å². The molecular weight excluding hydrogens is 136 g/mol. The lowest BCUT2D eigenvalue weighted by Gasteiger charge is -2.22. The van der Waals surface area contributed by atoms with Gasteiger partial charge in [-0.15, -0.1) is 0 Å². The third-order valence-electron chi connectivity index (χ3n) is 3.76. The Bertz CT molecular complexity index is 241. The van der Waals surface area contributed by atoms with Crippen LogP contribution in [0.25, 0.3) is 0 Å². The number of allylic oxidation sites excluding steroid dienone is 2. The molecule has 4 atom stereocenters. The molecule has 1 heteroatoms. The number of rotatable bonds is 0. The van der Waals surface area contributed by atoms with Gasteiger partial charge in [0.15, 0.2) is 0 Å². The summed E-state index contributed by atoms with van der Waals surface area (Å²) in [5.41, 5.74) is 0. The van der Waals surface area contributed by atoms with Crippen LogP contribution in [0.1, 0.15) is 19.3 Å². The van der Waals surface area contributed by atoms with Gasteiger partial charge in [0.05, 0.1) is 0 Å². The van der Waals surface area contributed by atoms with Gasteiger partial charge in [-0.3, -0.25) is 4.79 Å². The first-order valence-electron chi connectivity index (χ1n) is 4.55. The van der Waals surface area contributed by atoms with Gasteiger partial charge in [0, 0.05) is 12.3 Å². The SMILES string of the molecule is O=C1C[C@H]2C[C@H]1[C@H]1C=CC[C@H]21. The molecule has 0 aromatic carbocycles. The normalized spacial score (nSPS) is 52.2. The molecule has 0 aromatic heterocycles. The largest absolute Gasteiger partial charge is 0.299 e.